The second-order valence-corrected chi connectivity index (χ2v) is 9.09. The van der Waals surface area contributed by atoms with Crippen molar-refractivity contribution in [2.24, 2.45) is 5.41 Å². The van der Waals surface area contributed by atoms with Crippen molar-refractivity contribution in [1.82, 2.24) is 4.72 Å². The van der Waals surface area contributed by atoms with E-state index in [0.29, 0.717) is 17.2 Å². The smallest absolute Gasteiger partial charge is 0.310 e. The van der Waals surface area contributed by atoms with Gasteiger partial charge in [0.15, 0.2) is 0 Å². The van der Waals surface area contributed by atoms with Gasteiger partial charge in [0.2, 0.25) is 10.0 Å². The number of aliphatic carboxylic acids is 1. The van der Waals surface area contributed by atoms with E-state index in [4.69, 9.17) is 11.6 Å². The molecule has 0 aromatic carbocycles. The Morgan fingerprint density at radius 2 is 1.90 bits per heavy atom. The SMILES string of the molecule is O=C(O)C1(CNS(=O)(=O)c2ccc(Cl)s2)CCCCCC1. The third-order valence-corrected chi connectivity index (χ3v) is 7.05. The molecule has 0 spiro atoms. The van der Waals surface area contributed by atoms with Crippen LogP contribution in [0, 0.1) is 5.41 Å². The van der Waals surface area contributed by atoms with Gasteiger partial charge in [-0.3, -0.25) is 4.79 Å². The fourth-order valence-corrected chi connectivity index (χ4v) is 5.27. The van der Waals surface area contributed by atoms with E-state index in [2.05, 4.69) is 4.72 Å². The second kappa shape index (κ2) is 6.64. The summed E-state index contributed by atoms with van der Waals surface area (Å²) in [6.07, 6.45) is 4.66. The lowest BCUT2D eigenvalue weighted by molar-refractivity contribution is -0.149. The quantitative estimate of drug-likeness (QED) is 0.798. The van der Waals surface area contributed by atoms with E-state index in [0.717, 1.165) is 37.0 Å². The van der Waals surface area contributed by atoms with Crippen molar-refractivity contribution in [2.75, 3.05) is 6.54 Å². The molecular weight excluding hydrogens is 334 g/mol. The van der Waals surface area contributed by atoms with Crippen molar-refractivity contribution in [2.45, 2.75) is 42.7 Å². The van der Waals surface area contributed by atoms with Gasteiger partial charge in [-0.15, -0.1) is 11.3 Å². The number of sulfonamides is 1. The van der Waals surface area contributed by atoms with E-state index in [1.807, 2.05) is 0 Å². The molecule has 0 aliphatic heterocycles. The van der Waals surface area contributed by atoms with Crippen LogP contribution in [0.1, 0.15) is 38.5 Å². The average molecular weight is 352 g/mol. The van der Waals surface area contributed by atoms with Gasteiger partial charge in [-0.05, 0) is 25.0 Å². The van der Waals surface area contributed by atoms with Crippen LogP contribution < -0.4 is 4.72 Å². The molecule has 21 heavy (non-hydrogen) atoms. The van der Waals surface area contributed by atoms with Gasteiger partial charge < -0.3 is 5.11 Å². The number of rotatable bonds is 5. The summed E-state index contributed by atoms with van der Waals surface area (Å²) in [5.74, 6) is -0.920. The summed E-state index contributed by atoms with van der Waals surface area (Å²) in [5, 5.41) is 9.53. The summed E-state index contributed by atoms with van der Waals surface area (Å²) in [7, 11) is -3.70. The third kappa shape index (κ3) is 3.97. The summed E-state index contributed by atoms with van der Waals surface area (Å²) in [6, 6.07) is 2.94. The summed E-state index contributed by atoms with van der Waals surface area (Å²) in [5.41, 5.74) is -0.995. The molecule has 2 rings (SSSR count). The van der Waals surface area contributed by atoms with Gasteiger partial charge in [0, 0.05) is 6.54 Å². The second-order valence-electron chi connectivity index (χ2n) is 5.38. The number of nitrogens with one attached hydrogen (secondary N) is 1. The number of hydrogen-bond acceptors (Lipinski definition) is 4. The lowest BCUT2D eigenvalue weighted by Crippen LogP contribution is -2.42. The predicted molar refractivity (Wildman–Crippen MR) is 82.3 cm³/mol. The molecule has 8 heteroatoms. The molecule has 0 saturated heterocycles. The van der Waals surface area contributed by atoms with Crippen molar-refractivity contribution in [3.63, 3.8) is 0 Å². The Morgan fingerprint density at radius 1 is 1.29 bits per heavy atom. The minimum atomic E-state index is -3.70. The molecule has 2 N–H and O–H groups in total. The van der Waals surface area contributed by atoms with Crippen molar-refractivity contribution in [3.8, 4) is 0 Å². The number of halogens is 1. The topological polar surface area (TPSA) is 83.5 Å². The van der Waals surface area contributed by atoms with Crippen LogP contribution in [-0.4, -0.2) is 26.0 Å². The zero-order chi connectivity index (χ0) is 15.5. The van der Waals surface area contributed by atoms with Gasteiger partial charge >= 0.3 is 5.97 Å². The number of carboxylic acids is 1. The molecule has 0 bridgehead atoms. The Morgan fingerprint density at radius 3 is 2.38 bits per heavy atom. The van der Waals surface area contributed by atoms with Crippen LogP contribution in [0.2, 0.25) is 4.34 Å². The molecule has 1 saturated carbocycles. The van der Waals surface area contributed by atoms with E-state index in [1.54, 1.807) is 0 Å². The first-order valence-corrected chi connectivity index (χ1v) is 9.52. The number of thiophene rings is 1. The molecule has 1 heterocycles. The van der Waals surface area contributed by atoms with Gasteiger partial charge in [0.1, 0.15) is 4.21 Å². The Balaban J connectivity index is 2.13. The van der Waals surface area contributed by atoms with E-state index in [-0.39, 0.29) is 10.8 Å². The normalized spacial score (nSPS) is 19.1. The Kier molecular flexibility index (Phi) is 5.29. The highest BCUT2D eigenvalue weighted by atomic mass is 35.5. The maximum absolute atomic E-state index is 12.2. The molecule has 0 radical (unpaired) electrons. The molecule has 1 aromatic rings. The fraction of sp³-hybridized carbons (Fsp3) is 0.615. The van der Waals surface area contributed by atoms with Crippen molar-refractivity contribution in [1.29, 1.82) is 0 Å². The number of carbonyl (C=O) groups is 1. The first-order chi connectivity index (χ1) is 9.86. The first kappa shape index (κ1) is 16.7. The molecule has 118 valence electrons. The molecule has 1 fully saturated rings. The zero-order valence-corrected chi connectivity index (χ0v) is 13.9. The minimum absolute atomic E-state index is 0.0693. The van der Waals surface area contributed by atoms with Crippen molar-refractivity contribution >= 4 is 38.9 Å². The number of carboxylic acid groups (broad SMARTS) is 1. The molecular formula is C13H18ClNO4S2. The lowest BCUT2D eigenvalue weighted by Gasteiger charge is -2.27. The van der Waals surface area contributed by atoms with Crippen LogP contribution in [0.15, 0.2) is 16.3 Å². The summed E-state index contributed by atoms with van der Waals surface area (Å²) in [4.78, 5) is 11.6. The lowest BCUT2D eigenvalue weighted by atomic mass is 9.80. The molecule has 5 nitrogen and oxygen atoms in total. The van der Waals surface area contributed by atoms with Crippen LogP contribution >= 0.6 is 22.9 Å². The minimum Gasteiger partial charge on any atom is -0.481 e. The largest absolute Gasteiger partial charge is 0.481 e. The molecule has 0 atom stereocenters. The highest BCUT2D eigenvalue weighted by Gasteiger charge is 2.39. The molecule has 1 aliphatic rings. The zero-order valence-electron chi connectivity index (χ0n) is 11.5. The maximum Gasteiger partial charge on any atom is 0.310 e. The van der Waals surface area contributed by atoms with Crippen molar-refractivity contribution < 1.29 is 18.3 Å². The van der Waals surface area contributed by atoms with Gasteiger partial charge in [-0.25, -0.2) is 13.1 Å². The Labute approximate surface area is 133 Å². The van der Waals surface area contributed by atoms with Gasteiger partial charge in [0.25, 0.3) is 0 Å². The van der Waals surface area contributed by atoms with Crippen LogP contribution in [0.5, 0.6) is 0 Å². The third-order valence-electron chi connectivity index (χ3n) is 3.93. The van der Waals surface area contributed by atoms with Gasteiger partial charge in [0.05, 0.1) is 9.75 Å². The van der Waals surface area contributed by atoms with Crippen molar-refractivity contribution in [3.05, 3.63) is 16.5 Å². The summed E-state index contributed by atoms with van der Waals surface area (Å²) >= 11 is 6.71. The van der Waals surface area contributed by atoms with E-state index in [9.17, 15) is 18.3 Å². The van der Waals surface area contributed by atoms with Crippen LogP contribution in [0.25, 0.3) is 0 Å². The standard InChI is InChI=1S/C13H18ClNO4S2/c14-10-5-6-11(20-10)21(18,19)15-9-13(12(16)17)7-3-1-2-4-8-13/h5-6,15H,1-4,7-9H2,(H,16,17). The average Bonchev–Trinajstić information content (AvgIpc) is 2.73. The monoisotopic (exact) mass is 351 g/mol. The first-order valence-electron chi connectivity index (χ1n) is 6.84. The van der Waals surface area contributed by atoms with Crippen LogP contribution in [-0.2, 0) is 14.8 Å². The summed E-state index contributed by atoms with van der Waals surface area (Å²) < 4.78 is 27.3. The molecule has 0 amide bonds. The number of hydrogen-bond donors (Lipinski definition) is 2. The van der Waals surface area contributed by atoms with E-state index in [1.165, 1.54) is 12.1 Å². The Bertz CT molecular complexity index is 603. The Hall–Kier alpha value is -0.630. The van der Waals surface area contributed by atoms with Crippen LogP contribution in [0.3, 0.4) is 0 Å². The molecule has 0 unspecified atom stereocenters. The predicted octanol–water partition coefficient (Wildman–Crippen LogP) is 3.11. The van der Waals surface area contributed by atoms with Crippen LogP contribution in [0.4, 0.5) is 0 Å². The van der Waals surface area contributed by atoms with Gasteiger partial charge in [-0.2, -0.15) is 0 Å². The van der Waals surface area contributed by atoms with E-state index >= 15 is 0 Å². The van der Waals surface area contributed by atoms with E-state index < -0.39 is 21.4 Å². The molecule has 1 aromatic heterocycles. The van der Waals surface area contributed by atoms with Gasteiger partial charge in [-0.1, -0.05) is 37.3 Å². The fourth-order valence-electron chi connectivity index (χ4n) is 2.62. The highest BCUT2D eigenvalue weighted by molar-refractivity contribution is 7.91. The highest BCUT2D eigenvalue weighted by Crippen LogP contribution is 2.35. The maximum atomic E-state index is 12.2. The summed E-state index contributed by atoms with van der Waals surface area (Å²) in [6.45, 7) is -0.0693. The molecule has 1 aliphatic carbocycles.